The number of hydrogen-bond acceptors (Lipinski definition) is 8. The molecule has 0 saturated carbocycles. The van der Waals surface area contributed by atoms with E-state index in [4.69, 9.17) is 14.2 Å². The standard InChI is InChI=1S/C24H27N5O4/c1-14-10-19(33-28-14)17-13-26-23(29(4)5)27-21(17)16-8-6-15(7-9-16)12-25-22(31)18-11-20(30)32-24(18,2)3/h6-10,13,18H,11-12H2,1-5H3,(H,25,31). The molecule has 1 atom stereocenters. The van der Waals surface area contributed by atoms with Crippen molar-refractivity contribution in [1.29, 1.82) is 0 Å². The quantitative estimate of drug-likeness (QED) is 0.572. The average molecular weight is 450 g/mol. The molecule has 2 aromatic heterocycles. The van der Waals surface area contributed by atoms with Crippen molar-refractivity contribution in [2.45, 2.75) is 39.3 Å². The van der Waals surface area contributed by atoms with Gasteiger partial charge in [0, 0.05) is 38.5 Å². The number of rotatable bonds is 6. The number of amides is 1. The lowest BCUT2D eigenvalue weighted by atomic mass is 9.90. The van der Waals surface area contributed by atoms with E-state index in [0.717, 1.165) is 28.1 Å². The Hall–Kier alpha value is -3.75. The van der Waals surface area contributed by atoms with Gasteiger partial charge in [0.25, 0.3) is 0 Å². The zero-order chi connectivity index (χ0) is 23.8. The lowest BCUT2D eigenvalue weighted by molar-refractivity contribution is -0.147. The Morgan fingerprint density at radius 2 is 1.97 bits per heavy atom. The van der Waals surface area contributed by atoms with Crippen LogP contribution >= 0.6 is 0 Å². The third kappa shape index (κ3) is 4.72. The van der Waals surface area contributed by atoms with Crippen molar-refractivity contribution < 1.29 is 18.8 Å². The molecule has 3 heterocycles. The lowest BCUT2D eigenvalue weighted by Crippen LogP contribution is -2.40. The minimum atomic E-state index is -0.794. The maximum atomic E-state index is 12.6. The molecule has 9 nitrogen and oxygen atoms in total. The van der Waals surface area contributed by atoms with Crippen LogP contribution in [0.4, 0.5) is 5.95 Å². The zero-order valence-corrected chi connectivity index (χ0v) is 19.4. The molecule has 1 amide bonds. The summed E-state index contributed by atoms with van der Waals surface area (Å²) in [6.45, 7) is 5.73. The molecule has 33 heavy (non-hydrogen) atoms. The highest BCUT2D eigenvalue weighted by Gasteiger charge is 2.45. The van der Waals surface area contributed by atoms with Crippen LogP contribution in [0.5, 0.6) is 0 Å². The van der Waals surface area contributed by atoms with Gasteiger partial charge in [-0.1, -0.05) is 29.4 Å². The number of aromatic nitrogens is 3. The van der Waals surface area contributed by atoms with Crippen molar-refractivity contribution in [3.8, 4) is 22.6 Å². The largest absolute Gasteiger partial charge is 0.459 e. The van der Waals surface area contributed by atoms with Crippen LogP contribution in [0.3, 0.4) is 0 Å². The van der Waals surface area contributed by atoms with Gasteiger partial charge < -0.3 is 19.5 Å². The van der Waals surface area contributed by atoms with Gasteiger partial charge in [-0.05, 0) is 26.3 Å². The summed E-state index contributed by atoms with van der Waals surface area (Å²) < 4.78 is 10.7. The number of nitrogens with zero attached hydrogens (tertiary/aromatic N) is 4. The van der Waals surface area contributed by atoms with Gasteiger partial charge in [0.15, 0.2) is 5.76 Å². The number of aryl methyl sites for hydroxylation is 1. The van der Waals surface area contributed by atoms with Crippen LogP contribution in [-0.2, 0) is 20.9 Å². The smallest absolute Gasteiger partial charge is 0.307 e. The first-order chi connectivity index (χ1) is 15.6. The molecule has 1 aliphatic heterocycles. The highest BCUT2D eigenvalue weighted by atomic mass is 16.6. The minimum absolute atomic E-state index is 0.101. The molecule has 1 aliphatic rings. The molecule has 172 valence electrons. The number of nitrogens with one attached hydrogen (secondary N) is 1. The van der Waals surface area contributed by atoms with Crippen LogP contribution in [0.2, 0.25) is 0 Å². The van der Waals surface area contributed by atoms with Crippen LogP contribution in [0.15, 0.2) is 41.1 Å². The van der Waals surface area contributed by atoms with Gasteiger partial charge in [-0.15, -0.1) is 0 Å². The molecule has 1 saturated heterocycles. The Kier molecular flexibility index (Phi) is 5.88. The van der Waals surface area contributed by atoms with E-state index in [9.17, 15) is 9.59 Å². The number of cyclic esters (lactones) is 1. The van der Waals surface area contributed by atoms with Crippen LogP contribution < -0.4 is 10.2 Å². The lowest BCUT2D eigenvalue weighted by Gasteiger charge is -2.23. The number of ether oxygens (including phenoxy) is 1. The SMILES string of the molecule is Cc1cc(-c2cnc(N(C)C)nc2-c2ccc(CNC(=O)C3CC(=O)OC3(C)C)cc2)on1. The fraction of sp³-hybridized carbons (Fsp3) is 0.375. The predicted octanol–water partition coefficient (Wildman–Crippen LogP) is 3.13. The topological polar surface area (TPSA) is 110 Å². The Morgan fingerprint density at radius 3 is 2.55 bits per heavy atom. The van der Waals surface area contributed by atoms with Crippen LogP contribution in [0, 0.1) is 12.8 Å². The summed E-state index contributed by atoms with van der Waals surface area (Å²) >= 11 is 0. The summed E-state index contributed by atoms with van der Waals surface area (Å²) in [6.07, 6.45) is 1.84. The van der Waals surface area contributed by atoms with Crippen LogP contribution in [0.1, 0.15) is 31.5 Å². The normalized spacial score (nSPS) is 17.0. The van der Waals surface area contributed by atoms with Crippen molar-refractivity contribution >= 4 is 17.8 Å². The molecule has 0 spiro atoms. The second-order valence-corrected chi connectivity index (χ2v) is 8.91. The van der Waals surface area contributed by atoms with Gasteiger partial charge in [0.1, 0.15) is 5.60 Å². The molecule has 0 radical (unpaired) electrons. The van der Waals surface area contributed by atoms with Crippen molar-refractivity contribution in [3.63, 3.8) is 0 Å². The van der Waals surface area contributed by atoms with Crippen molar-refractivity contribution in [3.05, 3.63) is 47.8 Å². The third-order valence-corrected chi connectivity index (χ3v) is 5.67. The number of benzene rings is 1. The molecular weight excluding hydrogens is 422 g/mol. The van der Waals surface area contributed by atoms with Gasteiger partial charge >= 0.3 is 5.97 Å². The molecule has 1 fully saturated rings. The Balaban J connectivity index is 1.54. The first kappa shape index (κ1) is 22.4. The van der Waals surface area contributed by atoms with E-state index in [2.05, 4.69) is 15.5 Å². The summed E-state index contributed by atoms with van der Waals surface area (Å²) in [6, 6.07) is 9.61. The van der Waals surface area contributed by atoms with E-state index in [1.807, 2.05) is 56.3 Å². The average Bonchev–Trinajstić information content (AvgIpc) is 3.33. The van der Waals surface area contributed by atoms with E-state index in [1.54, 1.807) is 20.0 Å². The van der Waals surface area contributed by atoms with E-state index < -0.39 is 11.5 Å². The van der Waals surface area contributed by atoms with Crippen molar-refractivity contribution in [2.24, 2.45) is 5.92 Å². The monoisotopic (exact) mass is 449 g/mol. The van der Waals surface area contributed by atoms with E-state index >= 15 is 0 Å². The number of esters is 1. The van der Waals surface area contributed by atoms with E-state index in [1.165, 1.54) is 0 Å². The summed E-state index contributed by atoms with van der Waals surface area (Å²) in [4.78, 5) is 35.2. The summed E-state index contributed by atoms with van der Waals surface area (Å²) in [5.74, 6) is 0.147. The van der Waals surface area contributed by atoms with Crippen LogP contribution in [-0.4, -0.2) is 46.7 Å². The Bertz CT molecular complexity index is 1180. The van der Waals surface area contributed by atoms with Crippen LogP contribution in [0.25, 0.3) is 22.6 Å². The van der Waals surface area contributed by atoms with Gasteiger partial charge in [-0.2, -0.15) is 0 Å². The molecule has 1 aromatic carbocycles. The summed E-state index contributed by atoms with van der Waals surface area (Å²) in [7, 11) is 3.76. The molecule has 0 bridgehead atoms. The predicted molar refractivity (Wildman–Crippen MR) is 122 cm³/mol. The second kappa shape index (κ2) is 8.65. The molecule has 0 aliphatic carbocycles. The number of carbonyl (C=O) groups is 2. The fourth-order valence-corrected chi connectivity index (χ4v) is 3.80. The van der Waals surface area contributed by atoms with Gasteiger partial charge in [0.05, 0.1) is 29.3 Å². The molecule has 9 heteroatoms. The third-order valence-electron chi connectivity index (χ3n) is 5.67. The number of hydrogen-bond donors (Lipinski definition) is 1. The van der Waals surface area contributed by atoms with E-state index in [0.29, 0.717) is 18.3 Å². The summed E-state index contributed by atoms with van der Waals surface area (Å²) in [5, 5.41) is 6.89. The van der Waals surface area contributed by atoms with Gasteiger partial charge in [0.2, 0.25) is 11.9 Å². The van der Waals surface area contributed by atoms with Crippen molar-refractivity contribution in [2.75, 3.05) is 19.0 Å². The molecule has 1 N–H and O–H groups in total. The first-order valence-corrected chi connectivity index (χ1v) is 10.7. The minimum Gasteiger partial charge on any atom is -0.459 e. The highest BCUT2D eigenvalue weighted by Crippen LogP contribution is 2.33. The Morgan fingerprint density at radius 1 is 1.24 bits per heavy atom. The van der Waals surface area contributed by atoms with E-state index in [-0.39, 0.29) is 18.3 Å². The van der Waals surface area contributed by atoms with Gasteiger partial charge in [-0.25, -0.2) is 9.97 Å². The molecule has 3 aromatic rings. The number of anilines is 1. The first-order valence-electron chi connectivity index (χ1n) is 10.7. The van der Waals surface area contributed by atoms with Gasteiger partial charge in [-0.3, -0.25) is 9.59 Å². The maximum Gasteiger partial charge on any atom is 0.307 e. The fourth-order valence-electron chi connectivity index (χ4n) is 3.80. The molecular formula is C24H27N5O4. The number of carbonyl (C=O) groups excluding carboxylic acids is 2. The second-order valence-electron chi connectivity index (χ2n) is 8.91. The van der Waals surface area contributed by atoms with Crippen molar-refractivity contribution in [1.82, 2.24) is 20.4 Å². The zero-order valence-electron chi connectivity index (χ0n) is 19.4. The Labute approximate surface area is 192 Å². The maximum absolute atomic E-state index is 12.6. The molecule has 4 rings (SSSR count). The summed E-state index contributed by atoms with van der Waals surface area (Å²) in [5.41, 5.74) is 3.26. The molecule has 1 unspecified atom stereocenters. The highest BCUT2D eigenvalue weighted by molar-refractivity contribution is 5.87.